The molecule has 57 heavy (non-hydrogen) atoms. The Morgan fingerprint density at radius 1 is 0.807 bits per heavy atom. The van der Waals surface area contributed by atoms with Crippen molar-refractivity contribution in [2.45, 2.75) is 103 Å². The van der Waals surface area contributed by atoms with Crippen LogP contribution < -0.4 is 5.32 Å². The highest BCUT2D eigenvalue weighted by atomic mass is 19.4. The minimum absolute atomic E-state index is 0.0346. The molecule has 3 aliphatic rings. The van der Waals surface area contributed by atoms with E-state index >= 15 is 0 Å². The molecule has 1 aromatic carbocycles. The molecule has 1 fully saturated rings. The average molecular weight is 820 g/mol. The molecule has 3 atom stereocenters. The van der Waals surface area contributed by atoms with E-state index in [9.17, 15) is 50.6 Å². The van der Waals surface area contributed by atoms with E-state index in [4.69, 9.17) is 9.47 Å². The summed E-state index contributed by atoms with van der Waals surface area (Å²) in [7, 11) is 0. The fraction of sp³-hybridized carbons (Fsp3) is 0.556. The number of esters is 3. The number of aromatic nitrogens is 4. The van der Waals surface area contributed by atoms with Crippen LogP contribution in [-0.2, 0) is 89.2 Å². The molecule has 0 saturated carbocycles. The topological polar surface area (TPSA) is 186 Å². The van der Waals surface area contributed by atoms with Gasteiger partial charge in [-0.1, -0.05) is 6.07 Å². The van der Waals surface area contributed by atoms with Crippen molar-refractivity contribution in [1.29, 1.82) is 0 Å². The van der Waals surface area contributed by atoms with Crippen molar-refractivity contribution in [3.63, 3.8) is 0 Å². The Bertz CT molecular complexity index is 1830. The smallest absolute Gasteiger partial charge is 0.419 e. The van der Waals surface area contributed by atoms with Gasteiger partial charge in [0.25, 0.3) is 0 Å². The van der Waals surface area contributed by atoms with E-state index < -0.39 is 60.3 Å². The second kappa shape index (κ2) is 19.8. The summed E-state index contributed by atoms with van der Waals surface area (Å²) in [6.45, 7) is 5.25. The summed E-state index contributed by atoms with van der Waals surface area (Å²) in [5, 5.41) is 19.1. The van der Waals surface area contributed by atoms with Crippen molar-refractivity contribution in [2.24, 2.45) is 0 Å². The first kappa shape index (κ1) is 44.5. The summed E-state index contributed by atoms with van der Waals surface area (Å²) < 4.78 is 101. The van der Waals surface area contributed by atoms with E-state index in [0.29, 0.717) is 31.8 Å². The number of ether oxygens (including phenoxy) is 5. The second-order valence-corrected chi connectivity index (χ2v) is 12.7. The van der Waals surface area contributed by atoms with Crippen LogP contribution in [0.15, 0.2) is 30.9 Å². The average Bonchev–Trinajstić information content (AvgIpc) is 3.55. The zero-order valence-electron chi connectivity index (χ0n) is 31.3. The van der Waals surface area contributed by atoms with Gasteiger partial charge < -0.3 is 28.8 Å². The maximum absolute atomic E-state index is 12.8. The number of benzene rings is 1. The summed E-state index contributed by atoms with van der Waals surface area (Å²) >= 11 is 0. The zero-order chi connectivity index (χ0) is 41.9. The second-order valence-electron chi connectivity index (χ2n) is 12.7. The van der Waals surface area contributed by atoms with Gasteiger partial charge in [0.2, 0.25) is 6.10 Å². The number of carbonyl (C=O) groups is 4. The van der Waals surface area contributed by atoms with Crippen molar-refractivity contribution in [3.05, 3.63) is 64.2 Å². The van der Waals surface area contributed by atoms with E-state index in [0.717, 1.165) is 70.9 Å². The minimum Gasteiger partial charge on any atom is -0.464 e. The lowest BCUT2D eigenvalue weighted by atomic mass is 9.99. The number of alkyl halides is 6. The molecule has 0 radical (unpaired) electrons. The van der Waals surface area contributed by atoms with Gasteiger partial charge in [-0.25, -0.2) is 19.2 Å². The van der Waals surface area contributed by atoms with Gasteiger partial charge in [-0.05, 0) is 81.5 Å². The number of fused-ring (bicyclic) bond motifs is 2. The summed E-state index contributed by atoms with van der Waals surface area (Å²) in [4.78, 5) is 46.5. The van der Waals surface area contributed by atoms with Crippen molar-refractivity contribution >= 4 is 29.7 Å². The lowest BCUT2D eigenvalue weighted by molar-refractivity contribution is -0.154. The predicted octanol–water partition coefficient (Wildman–Crippen LogP) is 4.83. The maximum atomic E-state index is 12.8. The Balaban J connectivity index is 0.000000239. The number of aliphatic hydroxyl groups is 1. The number of aryl methyl sites for hydroxylation is 2. The van der Waals surface area contributed by atoms with Crippen molar-refractivity contribution < 1.29 is 74.3 Å². The molecule has 1 saturated heterocycles. The summed E-state index contributed by atoms with van der Waals surface area (Å²) in [5.41, 5.74) is 3.49. The van der Waals surface area contributed by atoms with Crippen molar-refractivity contribution in [1.82, 2.24) is 19.6 Å². The molecule has 2 N–H and O–H groups in total. The van der Waals surface area contributed by atoms with Gasteiger partial charge in [0.15, 0.2) is 12.2 Å². The molecule has 21 heteroatoms. The van der Waals surface area contributed by atoms with Gasteiger partial charge in [-0.15, -0.1) is 0 Å². The van der Waals surface area contributed by atoms with E-state index in [1.54, 1.807) is 20.8 Å². The molecule has 0 bridgehead atoms. The van der Waals surface area contributed by atoms with E-state index in [1.165, 1.54) is 11.1 Å². The number of epoxide rings is 1. The van der Waals surface area contributed by atoms with Gasteiger partial charge in [0, 0.05) is 12.4 Å². The van der Waals surface area contributed by atoms with Gasteiger partial charge in [0.05, 0.1) is 68.7 Å². The Kier molecular flexibility index (Phi) is 15.5. The van der Waals surface area contributed by atoms with Crippen LogP contribution in [0.3, 0.4) is 0 Å². The fourth-order valence-electron chi connectivity index (χ4n) is 5.92. The standard InChI is InChI=1S/C22H24F3N3O4.C9H11F3N2O3.C5H8O3/c1-2-31-20(29)18(12-28-11-15(10-26-28)22(23,24)25)32-21(30)27-19-16-7-3-5-13(16)9-14-6-4-8-17(14)19;1-2-17-8(16)7(15)5-14-4-6(3-13-14)9(10,11)12;1-2-7-5(6)4-3-8-4/h9-11,18H,2-8,12H2,1H3,(H,27,30);3-4,7,15H,2,5H2,1H3;4H,2-3H2,1H3/t18-;7-;4-/m111/s1. The number of carbonyl (C=O) groups excluding carboxylic acids is 4. The first-order valence-electron chi connectivity index (χ1n) is 18.1. The molecule has 2 aromatic heterocycles. The molecular formula is C36H43F6N5O10. The largest absolute Gasteiger partial charge is 0.464 e. The van der Waals surface area contributed by atoms with Crippen LogP contribution >= 0.6 is 0 Å². The van der Waals surface area contributed by atoms with Crippen LogP contribution in [0.25, 0.3) is 0 Å². The summed E-state index contributed by atoms with van der Waals surface area (Å²) in [6.07, 6.45) is -4.74. The molecule has 3 aromatic rings. The van der Waals surface area contributed by atoms with Gasteiger partial charge in [-0.2, -0.15) is 36.5 Å². The Morgan fingerprint density at radius 3 is 1.75 bits per heavy atom. The SMILES string of the molecule is CCOC(=O)[C@@H](Cn1cc(C(F)(F)F)cn1)OC(=O)Nc1c2c(cc3c1CCC3)CCC2.CCOC(=O)[C@H](O)Cn1cc(C(F)(F)F)cn1.CCOC(=O)[C@H]1CO1. The number of aliphatic hydroxyl groups excluding tert-OH is 1. The normalized spacial score (nSPS) is 16.4. The maximum Gasteiger partial charge on any atom is 0.419 e. The number of amides is 1. The van der Waals surface area contributed by atoms with Crippen LogP contribution in [0.1, 0.15) is 67.0 Å². The van der Waals surface area contributed by atoms with Crippen molar-refractivity contribution in [3.8, 4) is 0 Å². The lowest BCUT2D eigenvalue weighted by Gasteiger charge is -2.19. The van der Waals surface area contributed by atoms with Crippen LogP contribution in [0.4, 0.5) is 36.8 Å². The third-order valence-corrected chi connectivity index (χ3v) is 8.57. The zero-order valence-corrected chi connectivity index (χ0v) is 31.3. The number of anilines is 1. The first-order chi connectivity index (χ1) is 26.9. The minimum atomic E-state index is -4.57. The molecule has 3 heterocycles. The first-order valence-corrected chi connectivity index (χ1v) is 18.1. The number of nitrogens with zero attached hydrogens (tertiary/aromatic N) is 4. The third-order valence-electron chi connectivity index (χ3n) is 8.57. The Labute approximate surface area is 322 Å². The molecule has 15 nitrogen and oxygen atoms in total. The number of hydrogen-bond donors (Lipinski definition) is 2. The highest BCUT2D eigenvalue weighted by molar-refractivity contribution is 5.90. The highest BCUT2D eigenvalue weighted by Gasteiger charge is 2.35. The number of nitrogens with one attached hydrogen (secondary N) is 1. The van der Waals surface area contributed by atoms with Gasteiger partial charge >= 0.3 is 36.4 Å². The quantitative estimate of drug-likeness (QED) is 0.110. The van der Waals surface area contributed by atoms with Gasteiger partial charge in [-0.3, -0.25) is 14.7 Å². The molecule has 314 valence electrons. The summed E-state index contributed by atoms with van der Waals surface area (Å²) in [6, 6.07) is 2.22. The molecule has 0 spiro atoms. The Hall–Kier alpha value is -5.18. The molecule has 1 aliphatic heterocycles. The predicted molar refractivity (Wildman–Crippen MR) is 184 cm³/mol. The van der Waals surface area contributed by atoms with E-state index in [1.807, 2.05) is 0 Å². The molecule has 6 rings (SSSR count). The molecule has 1 amide bonds. The van der Waals surface area contributed by atoms with E-state index in [-0.39, 0.29) is 31.8 Å². The molecule has 0 unspecified atom stereocenters. The van der Waals surface area contributed by atoms with Crippen LogP contribution in [0.2, 0.25) is 0 Å². The molecular weight excluding hydrogens is 776 g/mol. The van der Waals surface area contributed by atoms with Crippen molar-refractivity contribution in [2.75, 3.05) is 31.7 Å². The van der Waals surface area contributed by atoms with Crippen LogP contribution in [0.5, 0.6) is 0 Å². The monoisotopic (exact) mass is 819 g/mol. The fourth-order valence-corrected chi connectivity index (χ4v) is 5.92. The van der Waals surface area contributed by atoms with Crippen LogP contribution in [-0.4, -0.2) is 93.4 Å². The van der Waals surface area contributed by atoms with Gasteiger partial charge in [0.1, 0.15) is 0 Å². The third kappa shape index (κ3) is 12.9. The number of rotatable bonds is 12. The highest BCUT2D eigenvalue weighted by Crippen LogP contribution is 2.39. The number of hydrogen-bond acceptors (Lipinski definition) is 12. The van der Waals surface area contributed by atoms with Crippen LogP contribution in [0, 0.1) is 0 Å². The number of halogens is 6. The molecule has 2 aliphatic carbocycles. The van der Waals surface area contributed by atoms with E-state index in [2.05, 4.69) is 35.8 Å². The lowest BCUT2D eigenvalue weighted by Crippen LogP contribution is -2.35. The Morgan fingerprint density at radius 2 is 1.30 bits per heavy atom. The summed E-state index contributed by atoms with van der Waals surface area (Å²) in [5.74, 6) is -1.97.